The lowest BCUT2D eigenvalue weighted by molar-refractivity contribution is -0.143. The monoisotopic (exact) mass is 433 g/mol. The number of ether oxygens (including phenoxy) is 2. The van der Waals surface area contributed by atoms with Gasteiger partial charge >= 0.3 is 18.2 Å². The van der Waals surface area contributed by atoms with E-state index in [9.17, 15) is 19.5 Å². The highest BCUT2D eigenvalue weighted by Gasteiger charge is 2.20. The minimum Gasteiger partial charge on any atom is -0.468 e. The zero-order valence-electron chi connectivity index (χ0n) is 18.4. The first-order chi connectivity index (χ1) is 14.6. The molecule has 31 heavy (non-hydrogen) atoms. The van der Waals surface area contributed by atoms with Crippen LogP contribution in [0.4, 0.5) is 9.59 Å². The van der Waals surface area contributed by atoms with Crippen LogP contribution in [-0.2, 0) is 20.8 Å². The van der Waals surface area contributed by atoms with Crippen LogP contribution in [0.15, 0.2) is 30.5 Å². The number of esters is 1. The van der Waals surface area contributed by atoms with E-state index in [1.165, 1.54) is 11.7 Å². The summed E-state index contributed by atoms with van der Waals surface area (Å²) in [6, 6.07) is 6.66. The van der Waals surface area contributed by atoms with Gasteiger partial charge in [-0.1, -0.05) is 18.2 Å². The van der Waals surface area contributed by atoms with Gasteiger partial charge in [0, 0.05) is 24.7 Å². The minimum absolute atomic E-state index is 0.316. The summed E-state index contributed by atoms with van der Waals surface area (Å²) in [5, 5.41) is 16.1. The molecular formula is C22H31N3O6. The Balaban J connectivity index is 1.90. The lowest BCUT2D eigenvalue weighted by atomic mass is 10.1. The molecule has 0 fully saturated rings. The maximum atomic E-state index is 12.2. The number of carbonyl (C=O) groups is 3. The Morgan fingerprint density at radius 3 is 2.52 bits per heavy atom. The molecule has 0 saturated carbocycles. The third-order valence-electron chi connectivity index (χ3n) is 4.61. The molecule has 0 radical (unpaired) electrons. The number of fused-ring (bicyclic) bond motifs is 1. The number of unbranched alkanes of at least 4 members (excludes halogenated alkanes) is 1. The second-order valence-corrected chi connectivity index (χ2v) is 8.21. The predicted octanol–water partition coefficient (Wildman–Crippen LogP) is 3.49. The summed E-state index contributed by atoms with van der Waals surface area (Å²) in [6.45, 7) is 6.15. The number of methoxy groups -OCH3 is 1. The van der Waals surface area contributed by atoms with Crippen LogP contribution in [0.25, 0.3) is 10.9 Å². The Hall–Kier alpha value is -3.07. The lowest BCUT2D eigenvalue weighted by Gasteiger charge is -2.20. The molecule has 170 valence electrons. The number of hydrogen-bond donors (Lipinski definition) is 3. The van der Waals surface area contributed by atoms with E-state index in [0.717, 1.165) is 10.9 Å². The van der Waals surface area contributed by atoms with Crippen molar-refractivity contribution in [3.05, 3.63) is 36.0 Å². The van der Waals surface area contributed by atoms with Gasteiger partial charge in [0.1, 0.15) is 11.6 Å². The van der Waals surface area contributed by atoms with Crippen molar-refractivity contribution in [2.45, 2.75) is 58.2 Å². The van der Waals surface area contributed by atoms with Crippen molar-refractivity contribution in [3.63, 3.8) is 0 Å². The number of hydrogen-bond acceptors (Lipinski definition) is 6. The van der Waals surface area contributed by atoms with E-state index in [-0.39, 0.29) is 5.97 Å². The quantitative estimate of drug-likeness (QED) is 0.409. The maximum absolute atomic E-state index is 12.2. The van der Waals surface area contributed by atoms with Gasteiger partial charge < -0.3 is 25.2 Å². The van der Waals surface area contributed by atoms with Crippen LogP contribution in [0.2, 0.25) is 0 Å². The van der Waals surface area contributed by atoms with Gasteiger partial charge in [-0.3, -0.25) is 9.36 Å². The van der Waals surface area contributed by atoms with E-state index in [1.54, 1.807) is 39.1 Å². The van der Waals surface area contributed by atoms with Gasteiger partial charge in [0.15, 0.2) is 0 Å². The summed E-state index contributed by atoms with van der Waals surface area (Å²) >= 11 is 0. The van der Waals surface area contributed by atoms with Crippen molar-refractivity contribution in [3.8, 4) is 0 Å². The minimum atomic E-state index is -1.07. The highest BCUT2D eigenvalue weighted by Crippen LogP contribution is 2.21. The number of aromatic nitrogens is 1. The Bertz CT molecular complexity index is 916. The molecule has 1 amide bonds. The summed E-state index contributed by atoms with van der Waals surface area (Å²) in [5.74, 6) is -0.387. The number of para-hydroxylation sites is 1. The molecule has 0 saturated heterocycles. The third kappa shape index (κ3) is 7.29. The summed E-state index contributed by atoms with van der Waals surface area (Å²) in [6.07, 6.45) is 1.89. The van der Waals surface area contributed by atoms with Gasteiger partial charge in [0.2, 0.25) is 0 Å². The molecular weight excluding hydrogens is 402 g/mol. The number of nitrogens with one attached hydrogen (secondary N) is 2. The standard InChI is InChI=1S/C22H31N3O6/c1-22(2,3)31-20(27)23-12-8-7-10-17(19(26)30-4)24-13-15-14-25(21(28)29)18-11-6-5-9-16(15)18/h5-6,9,11,14,17,24H,7-8,10,12-13H2,1-4H3,(H,23,27)(H,28,29)/t17-/m0/s1. The smallest absolute Gasteiger partial charge is 0.416 e. The van der Waals surface area contributed by atoms with E-state index in [4.69, 9.17) is 9.47 Å². The van der Waals surface area contributed by atoms with Gasteiger partial charge in [-0.15, -0.1) is 0 Å². The second kappa shape index (κ2) is 10.8. The average molecular weight is 434 g/mol. The first-order valence-corrected chi connectivity index (χ1v) is 10.2. The number of benzene rings is 1. The van der Waals surface area contributed by atoms with Gasteiger partial charge in [-0.2, -0.15) is 0 Å². The Morgan fingerprint density at radius 2 is 1.87 bits per heavy atom. The Kier molecular flexibility index (Phi) is 8.44. The normalized spacial score (nSPS) is 12.4. The van der Waals surface area contributed by atoms with Crippen molar-refractivity contribution >= 4 is 29.1 Å². The van der Waals surface area contributed by atoms with Crippen molar-refractivity contribution in [1.29, 1.82) is 0 Å². The van der Waals surface area contributed by atoms with E-state index in [0.29, 0.717) is 37.9 Å². The van der Waals surface area contributed by atoms with Crippen molar-refractivity contribution < 1.29 is 29.0 Å². The molecule has 9 heteroatoms. The van der Waals surface area contributed by atoms with E-state index >= 15 is 0 Å². The maximum Gasteiger partial charge on any atom is 0.416 e. The first-order valence-electron chi connectivity index (χ1n) is 10.2. The van der Waals surface area contributed by atoms with E-state index in [1.807, 2.05) is 12.1 Å². The third-order valence-corrected chi connectivity index (χ3v) is 4.61. The Labute approximate surface area is 181 Å². The van der Waals surface area contributed by atoms with Crippen LogP contribution < -0.4 is 10.6 Å². The molecule has 2 aromatic rings. The topological polar surface area (TPSA) is 119 Å². The summed E-state index contributed by atoms with van der Waals surface area (Å²) in [5.41, 5.74) is 0.821. The number of carboxylic acid groups (broad SMARTS) is 1. The second-order valence-electron chi connectivity index (χ2n) is 8.21. The fourth-order valence-electron chi connectivity index (χ4n) is 3.21. The Morgan fingerprint density at radius 1 is 1.16 bits per heavy atom. The molecule has 1 aromatic heterocycles. The van der Waals surface area contributed by atoms with Crippen LogP contribution >= 0.6 is 0 Å². The number of nitrogens with zero attached hydrogens (tertiary/aromatic N) is 1. The highest BCUT2D eigenvalue weighted by atomic mass is 16.6. The molecule has 1 atom stereocenters. The lowest BCUT2D eigenvalue weighted by Crippen LogP contribution is -2.37. The molecule has 0 aliphatic rings. The molecule has 1 heterocycles. The van der Waals surface area contributed by atoms with Crippen molar-refractivity contribution in [1.82, 2.24) is 15.2 Å². The zero-order valence-corrected chi connectivity index (χ0v) is 18.4. The predicted molar refractivity (Wildman–Crippen MR) is 116 cm³/mol. The molecule has 0 unspecified atom stereocenters. The zero-order chi connectivity index (χ0) is 23.0. The van der Waals surface area contributed by atoms with Crippen LogP contribution in [0, 0.1) is 0 Å². The van der Waals surface area contributed by atoms with Crippen molar-refractivity contribution in [2.75, 3.05) is 13.7 Å². The fourth-order valence-corrected chi connectivity index (χ4v) is 3.21. The van der Waals surface area contributed by atoms with Crippen LogP contribution in [0.5, 0.6) is 0 Å². The van der Waals surface area contributed by atoms with Gasteiger partial charge in [-0.05, 0) is 51.7 Å². The first kappa shape index (κ1) is 24.2. The van der Waals surface area contributed by atoms with Crippen LogP contribution in [0.3, 0.4) is 0 Å². The molecule has 0 aliphatic carbocycles. The van der Waals surface area contributed by atoms with Gasteiger partial charge in [0.25, 0.3) is 0 Å². The molecule has 2 rings (SSSR count). The summed E-state index contributed by atoms with van der Waals surface area (Å²) in [7, 11) is 1.33. The molecule has 0 spiro atoms. The molecule has 0 bridgehead atoms. The molecule has 0 aliphatic heterocycles. The largest absolute Gasteiger partial charge is 0.468 e. The van der Waals surface area contributed by atoms with E-state index < -0.39 is 23.8 Å². The summed E-state index contributed by atoms with van der Waals surface area (Å²) in [4.78, 5) is 35.3. The average Bonchev–Trinajstić information content (AvgIpc) is 3.07. The molecule has 9 nitrogen and oxygen atoms in total. The van der Waals surface area contributed by atoms with Crippen LogP contribution in [0.1, 0.15) is 45.6 Å². The number of amides is 1. The van der Waals surface area contributed by atoms with Crippen molar-refractivity contribution in [2.24, 2.45) is 0 Å². The molecule has 3 N–H and O–H groups in total. The van der Waals surface area contributed by atoms with Gasteiger partial charge in [0.05, 0.1) is 12.6 Å². The highest BCUT2D eigenvalue weighted by molar-refractivity contribution is 5.91. The van der Waals surface area contributed by atoms with Gasteiger partial charge in [-0.25, -0.2) is 9.59 Å². The fraction of sp³-hybridized carbons (Fsp3) is 0.500. The van der Waals surface area contributed by atoms with Crippen LogP contribution in [-0.4, -0.2) is 53.1 Å². The number of rotatable bonds is 9. The molecule has 1 aromatic carbocycles. The SMILES string of the molecule is COC(=O)[C@H](CCCCNC(=O)OC(C)(C)C)NCc1cn(C(=O)O)c2ccccc12. The number of carbonyl (C=O) groups excluding carboxylic acids is 2. The summed E-state index contributed by atoms with van der Waals surface area (Å²) < 4.78 is 11.2. The number of alkyl carbamates (subject to hydrolysis) is 1. The van der Waals surface area contributed by atoms with E-state index in [2.05, 4.69) is 10.6 Å².